The molecule has 0 aliphatic heterocycles. The summed E-state index contributed by atoms with van der Waals surface area (Å²) in [6.45, 7) is 5.26. The Morgan fingerprint density at radius 2 is 1.50 bits per heavy atom. The molecule has 10 heteroatoms. The lowest BCUT2D eigenvalue weighted by Crippen LogP contribution is -2.35. The summed E-state index contributed by atoms with van der Waals surface area (Å²) in [5, 5.41) is 0. The van der Waals surface area contributed by atoms with Gasteiger partial charge in [0.05, 0.1) is 43.7 Å². The summed E-state index contributed by atoms with van der Waals surface area (Å²) >= 11 is 0. The second kappa shape index (κ2) is 13.1. The topological polar surface area (TPSA) is 111 Å². The fraction of sp³-hybridized carbons (Fsp3) is 0.346. The third-order valence-corrected chi connectivity index (χ3v) is 5.75. The van der Waals surface area contributed by atoms with E-state index in [-0.39, 0.29) is 25.9 Å². The van der Waals surface area contributed by atoms with Crippen LogP contribution in [0.2, 0.25) is 0 Å². The molecule has 1 amide bonds. The van der Waals surface area contributed by atoms with Gasteiger partial charge in [-0.1, -0.05) is 60.7 Å². The summed E-state index contributed by atoms with van der Waals surface area (Å²) in [7, 11) is -3.59. The molecule has 0 spiro atoms. The Kier molecular flexibility index (Phi) is 9.92. The SMILES string of the molecule is CC(C)N(CCOCCOCC(=O)NS(C)(=O)=O)c1cnc(-c2ccccc2)c(-c2ccccc2)n1. The number of hydrogen-bond donors (Lipinski definition) is 1. The van der Waals surface area contributed by atoms with Crippen molar-refractivity contribution in [1.29, 1.82) is 0 Å². The predicted molar refractivity (Wildman–Crippen MR) is 140 cm³/mol. The number of rotatable bonds is 13. The van der Waals surface area contributed by atoms with E-state index in [9.17, 15) is 13.2 Å². The highest BCUT2D eigenvalue weighted by Crippen LogP contribution is 2.30. The van der Waals surface area contributed by atoms with Crippen LogP contribution in [0.3, 0.4) is 0 Å². The number of carbonyl (C=O) groups is 1. The lowest BCUT2D eigenvalue weighted by Gasteiger charge is -2.28. The first-order valence-corrected chi connectivity index (χ1v) is 13.5. The molecule has 9 nitrogen and oxygen atoms in total. The molecule has 0 saturated heterocycles. The molecule has 36 heavy (non-hydrogen) atoms. The van der Waals surface area contributed by atoms with Crippen molar-refractivity contribution >= 4 is 21.7 Å². The van der Waals surface area contributed by atoms with Gasteiger partial charge in [0, 0.05) is 23.7 Å². The molecule has 1 N–H and O–H groups in total. The van der Waals surface area contributed by atoms with Crippen LogP contribution < -0.4 is 9.62 Å². The fourth-order valence-corrected chi connectivity index (χ4v) is 4.02. The number of aromatic nitrogens is 2. The van der Waals surface area contributed by atoms with Crippen molar-refractivity contribution in [1.82, 2.24) is 14.7 Å². The Balaban J connectivity index is 1.63. The Morgan fingerprint density at radius 3 is 2.08 bits per heavy atom. The number of nitrogens with zero attached hydrogens (tertiary/aromatic N) is 3. The Morgan fingerprint density at radius 1 is 0.917 bits per heavy atom. The van der Waals surface area contributed by atoms with Crippen molar-refractivity contribution in [2.24, 2.45) is 0 Å². The van der Waals surface area contributed by atoms with E-state index in [1.165, 1.54) is 0 Å². The zero-order chi connectivity index (χ0) is 26.0. The molecule has 2 aromatic carbocycles. The van der Waals surface area contributed by atoms with E-state index in [4.69, 9.17) is 19.4 Å². The summed E-state index contributed by atoms with van der Waals surface area (Å²) in [6, 6.07) is 20.2. The van der Waals surface area contributed by atoms with Crippen molar-refractivity contribution in [2.45, 2.75) is 19.9 Å². The monoisotopic (exact) mass is 512 g/mol. The van der Waals surface area contributed by atoms with Gasteiger partial charge in [-0.15, -0.1) is 0 Å². The highest BCUT2D eigenvalue weighted by atomic mass is 32.2. The van der Waals surface area contributed by atoms with Gasteiger partial charge >= 0.3 is 0 Å². The zero-order valence-corrected chi connectivity index (χ0v) is 21.6. The lowest BCUT2D eigenvalue weighted by molar-refractivity contribution is -0.124. The van der Waals surface area contributed by atoms with Gasteiger partial charge in [-0.25, -0.2) is 13.4 Å². The number of carbonyl (C=O) groups excluding carboxylic acids is 1. The van der Waals surface area contributed by atoms with E-state index in [1.54, 1.807) is 6.20 Å². The summed E-state index contributed by atoms with van der Waals surface area (Å²) < 4.78 is 34.7. The smallest absolute Gasteiger partial charge is 0.259 e. The summed E-state index contributed by atoms with van der Waals surface area (Å²) in [4.78, 5) is 23.4. The Hall–Kier alpha value is -3.34. The van der Waals surface area contributed by atoms with Gasteiger partial charge in [0.25, 0.3) is 5.91 Å². The number of benzene rings is 2. The maximum absolute atomic E-state index is 11.4. The normalized spacial score (nSPS) is 11.4. The molecular weight excluding hydrogens is 480 g/mol. The summed E-state index contributed by atoms with van der Waals surface area (Å²) in [5.74, 6) is 0.0380. The molecule has 3 rings (SSSR count). The zero-order valence-electron chi connectivity index (χ0n) is 20.8. The van der Waals surface area contributed by atoms with Crippen molar-refractivity contribution in [2.75, 3.05) is 44.1 Å². The largest absolute Gasteiger partial charge is 0.377 e. The van der Waals surface area contributed by atoms with Crippen molar-refractivity contribution in [3.05, 3.63) is 66.9 Å². The predicted octanol–water partition coefficient (Wildman–Crippen LogP) is 3.13. The van der Waals surface area contributed by atoms with Crippen LogP contribution in [0.5, 0.6) is 0 Å². The van der Waals surface area contributed by atoms with E-state index in [1.807, 2.05) is 65.4 Å². The fourth-order valence-electron chi connectivity index (χ4n) is 3.54. The molecule has 0 atom stereocenters. The van der Waals surface area contributed by atoms with Crippen LogP contribution in [-0.2, 0) is 24.3 Å². The maximum atomic E-state index is 11.4. The first kappa shape index (κ1) is 27.3. The number of sulfonamides is 1. The van der Waals surface area contributed by atoms with E-state index in [0.717, 1.165) is 34.6 Å². The lowest BCUT2D eigenvalue weighted by atomic mass is 10.0. The number of ether oxygens (including phenoxy) is 2. The number of amides is 1. The van der Waals surface area contributed by atoms with Gasteiger partial charge in [-0.05, 0) is 13.8 Å². The van der Waals surface area contributed by atoms with E-state index in [0.29, 0.717) is 13.2 Å². The molecule has 0 saturated carbocycles. The quantitative estimate of drug-likeness (QED) is 0.348. The molecule has 0 fully saturated rings. The van der Waals surface area contributed by atoms with Gasteiger partial charge in [0.15, 0.2) is 0 Å². The molecule has 0 unspecified atom stereocenters. The van der Waals surface area contributed by atoms with Crippen LogP contribution in [0, 0.1) is 0 Å². The highest BCUT2D eigenvalue weighted by Gasteiger charge is 2.17. The molecule has 1 heterocycles. The van der Waals surface area contributed by atoms with Crippen LogP contribution >= 0.6 is 0 Å². The Bertz CT molecular complexity index is 1220. The van der Waals surface area contributed by atoms with Gasteiger partial charge in [-0.2, -0.15) is 0 Å². The van der Waals surface area contributed by atoms with Gasteiger partial charge in [-0.3, -0.25) is 14.5 Å². The van der Waals surface area contributed by atoms with Crippen LogP contribution in [0.4, 0.5) is 5.82 Å². The molecule has 0 aliphatic carbocycles. The third-order valence-electron chi connectivity index (χ3n) is 5.15. The minimum absolute atomic E-state index is 0.157. The van der Waals surface area contributed by atoms with E-state index < -0.39 is 15.9 Å². The van der Waals surface area contributed by atoms with Gasteiger partial charge in [0.1, 0.15) is 12.4 Å². The second-order valence-corrected chi connectivity index (χ2v) is 10.2. The molecule has 3 aromatic rings. The second-order valence-electron chi connectivity index (χ2n) is 8.41. The van der Waals surface area contributed by atoms with Gasteiger partial charge in [0.2, 0.25) is 10.0 Å². The molecule has 1 aromatic heterocycles. The van der Waals surface area contributed by atoms with E-state index in [2.05, 4.69) is 18.7 Å². The first-order chi connectivity index (χ1) is 17.2. The van der Waals surface area contributed by atoms with Crippen LogP contribution in [0.1, 0.15) is 13.8 Å². The molecule has 192 valence electrons. The van der Waals surface area contributed by atoms with E-state index >= 15 is 0 Å². The Labute approximate surface area is 212 Å². The van der Waals surface area contributed by atoms with Crippen molar-refractivity contribution in [3.8, 4) is 22.5 Å². The number of nitrogens with one attached hydrogen (secondary N) is 1. The molecule has 0 bridgehead atoms. The number of anilines is 1. The third kappa shape index (κ3) is 8.40. The highest BCUT2D eigenvalue weighted by molar-refractivity contribution is 7.89. The maximum Gasteiger partial charge on any atom is 0.259 e. The van der Waals surface area contributed by atoms with Crippen LogP contribution in [-0.4, -0.2) is 69.6 Å². The average Bonchev–Trinajstić information content (AvgIpc) is 2.85. The first-order valence-electron chi connectivity index (χ1n) is 11.6. The van der Waals surface area contributed by atoms with Crippen molar-refractivity contribution < 1.29 is 22.7 Å². The molecular formula is C26H32N4O5S. The average molecular weight is 513 g/mol. The van der Waals surface area contributed by atoms with Crippen LogP contribution in [0.25, 0.3) is 22.5 Å². The van der Waals surface area contributed by atoms with Gasteiger partial charge < -0.3 is 14.4 Å². The molecule has 0 radical (unpaired) electrons. The minimum atomic E-state index is -3.59. The minimum Gasteiger partial charge on any atom is -0.377 e. The summed E-state index contributed by atoms with van der Waals surface area (Å²) in [6.07, 6.45) is 2.70. The standard InChI is InChI=1S/C26H32N4O5S/c1-20(2)30(14-15-34-16-17-35-19-24(31)29-36(3,32)33)23-18-27-25(21-10-6-4-7-11-21)26(28-23)22-12-8-5-9-13-22/h4-13,18,20H,14-17,19H2,1-3H3,(H,29,31). The summed E-state index contributed by atoms with van der Waals surface area (Å²) in [5.41, 5.74) is 3.62. The van der Waals surface area contributed by atoms with Crippen molar-refractivity contribution in [3.63, 3.8) is 0 Å². The van der Waals surface area contributed by atoms with Crippen LogP contribution in [0.15, 0.2) is 66.9 Å². The molecule has 0 aliphatic rings. The number of hydrogen-bond acceptors (Lipinski definition) is 8.